The van der Waals surface area contributed by atoms with Crippen molar-refractivity contribution in [2.24, 2.45) is 5.92 Å². The summed E-state index contributed by atoms with van der Waals surface area (Å²) in [6.45, 7) is 0. The van der Waals surface area contributed by atoms with Crippen molar-refractivity contribution >= 4 is 17.7 Å². The number of carboxylic acids is 1. The first-order valence-corrected chi connectivity index (χ1v) is 7.70. The van der Waals surface area contributed by atoms with Crippen LogP contribution in [0.4, 0.5) is 0 Å². The van der Waals surface area contributed by atoms with Gasteiger partial charge in [-0.05, 0) is 30.6 Å². The molecule has 1 fully saturated rings. The summed E-state index contributed by atoms with van der Waals surface area (Å²) in [5.74, 6) is 0.296. The minimum Gasteiger partial charge on any atom is -0.481 e. The lowest BCUT2D eigenvalue weighted by atomic mass is 9.89. The highest BCUT2D eigenvalue weighted by Gasteiger charge is 2.30. The van der Waals surface area contributed by atoms with E-state index in [0.29, 0.717) is 5.25 Å². The Bertz CT molecular complexity index is 377. The maximum Gasteiger partial charge on any atom is 0.307 e. The maximum atomic E-state index is 11.2. The van der Waals surface area contributed by atoms with Crippen LogP contribution < -0.4 is 0 Å². The summed E-state index contributed by atoms with van der Waals surface area (Å²) in [7, 11) is 0. The van der Waals surface area contributed by atoms with Gasteiger partial charge in [0.1, 0.15) is 0 Å². The second kappa shape index (κ2) is 6.83. The first-order chi connectivity index (χ1) is 8.77. The summed E-state index contributed by atoms with van der Waals surface area (Å²) in [5.41, 5.74) is 1.34. The molecule has 1 N–H and O–H groups in total. The molecule has 2 nitrogen and oxygen atoms in total. The summed E-state index contributed by atoms with van der Waals surface area (Å²) in [4.78, 5) is 11.2. The van der Waals surface area contributed by atoms with Crippen molar-refractivity contribution in [3.05, 3.63) is 35.9 Å². The van der Waals surface area contributed by atoms with Gasteiger partial charge in [-0.2, -0.15) is 11.8 Å². The fourth-order valence-corrected chi connectivity index (χ4v) is 4.03. The van der Waals surface area contributed by atoms with Gasteiger partial charge in [0, 0.05) is 5.25 Å². The van der Waals surface area contributed by atoms with Gasteiger partial charge in [0.15, 0.2) is 0 Å². The zero-order valence-electron chi connectivity index (χ0n) is 10.5. The third-order valence-electron chi connectivity index (χ3n) is 3.59. The van der Waals surface area contributed by atoms with Crippen molar-refractivity contribution in [3.8, 4) is 0 Å². The number of carboxylic acid groups (broad SMARTS) is 1. The minimum atomic E-state index is -0.605. The average Bonchev–Trinajstić information content (AvgIpc) is 2.40. The van der Waals surface area contributed by atoms with Crippen molar-refractivity contribution in [1.82, 2.24) is 0 Å². The predicted molar refractivity (Wildman–Crippen MR) is 76.0 cm³/mol. The molecule has 3 heteroatoms. The highest BCUT2D eigenvalue weighted by Crippen LogP contribution is 2.33. The molecule has 98 valence electrons. The molecular weight excluding hydrogens is 244 g/mol. The van der Waals surface area contributed by atoms with Crippen LogP contribution in [0.15, 0.2) is 30.3 Å². The van der Waals surface area contributed by atoms with Crippen molar-refractivity contribution < 1.29 is 9.90 Å². The molecule has 0 aromatic heterocycles. The fraction of sp³-hybridized carbons (Fsp3) is 0.533. The number of benzene rings is 1. The molecule has 2 atom stereocenters. The molecule has 1 saturated carbocycles. The highest BCUT2D eigenvalue weighted by atomic mass is 32.2. The number of aryl methyl sites for hydroxylation is 1. The fourth-order valence-electron chi connectivity index (χ4n) is 2.55. The van der Waals surface area contributed by atoms with E-state index in [1.165, 1.54) is 12.0 Å². The topological polar surface area (TPSA) is 37.3 Å². The van der Waals surface area contributed by atoms with Crippen LogP contribution in [0.2, 0.25) is 0 Å². The number of hydrogen-bond acceptors (Lipinski definition) is 2. The quantitative estimate of drug-likeness (QED) is 0.882. The van der Waals surface area contributed by atoms with E-state index < -0.39 is 5.97 Å². The highest BCUT2D eigenvalue weighted by molar-refractivity contribution is 7.99. The SMILES string of the molecule is O=C(O)[C@@H]1CCCC[C@@H]1SCCc1ccccc1. The van der Waals surface area contributed by atoms with Gasteiger partial charge in [0.05, 0.1) is 5.92 Å². The van der Waals surface area contributed by atoms with Crippen molar-refractivity contribution in [2.75, 3.05) is 5.75 Å². The molecule has 0 unspecified atom stereocenters. The van der Waals surface area contributed by atoms with E-state index in [0.717, 1.165) is 31.4 Å². The Hall–Kier alpha value is -0.960. The zero-order chi connectivity index (χ0) is 12.8. The van der Waals surface area contributed by atoms with Gasteiger partial charge in [0.2, 0.25) is 0 Å². The molecule has 0 heterocycles. The van der Waals surface area contributed by atoms with E-state index in [1.807, 2.05) is 17.8 Å². The van der Waals surface area contributed by atoms with Gasteiger partial charge in [-0.1, -0.05) is 43.2 Å². The van der Waals surface area contributed by atoms with Crippen LogP contribution in [0, 0.1) is 5.92 Å². The maximum absolute atomic E-state index is 11.2. The van der Waals surface area contributed by atoms with E-state index in [-0.39, 0.29) is 5.92 Å². The lowest BCUT2D eigenvalue weighted by Crippen LogP contribution is -2.29. The van der Waals surface area contributed by atoms with E-state index in [1.54, 1.807) is 0 Å². The van der Waals surface area contributed by atoms with Crippen LogP contribution in [0.1, 0.15) is 31.2 Å². The Labute approximate surface area is 113 Å². The Morgan fingerprint density at radius 2 is 1.94 bits per heavy atom. The van der Waals surface area contributed by atoms with E-state index in [4.69, 9.17) is 0 Å². The molecule has 1 aromatic rings. The van der Waals surface area contributed by atoms with Crippen LogP contribution in [-0.2, 0) is 11.2 Å². The summed E-state index contributed by atoms with van der Waals surface area (Å²) < 4.78 is 0. The summed E-state index contributed by atoms with van der Waals surface area (Å²) in [5, 5.41) is 9.53. The Morgan fingerprint density at radius 3 is 2.67 bits per heavy atom. The Kier molecular flexibility index (Phi) is 5.12. The first kappa shape index (κ1) is 13.5. The van der Waals surface area contributed by atoms with Gasteiger partial charge in [0.25, 0.3) is 0 Å². The van der Waals surface area contributed by atoms with Crippen LogP contribution in [0.25, 0.3) is 0 Å². The third-order valence-corrected chi connectivity index (χ3v) is 5.02. The molecule has 1 aliphatic carbocycles. The largest absolute Gasteiger partial charge is 0.481 e. The number of hydrogen-bond donors (Lipinski definition) is 1. The predicted octanol–water partition coefficient (Wildman–Crippen LogP) is 3.61. The molecule has 0 aliphatic heterocycles. The average molecular weight is 264 g/mol. The number of rotatable bonds is 5. The molecule has 0 bridgehead atoms. The summed E-state index contributed by atoms with van der Waals surface area (Å²) >= 11 is 1.85. The van der Waals surface area contributed by atoms with Crippen molar-refractivity contribution in [3.63, 3.8) is 0 Å². The zero-order valence-corrected chi connectivity index (χ0v) is 11.4. The lowest BCUT2D eigenvalue weighted by molar-refractivity contribution is -0.142. The van der Waals surface area contributed by atoms with Gasteiger partial charge >= 0.3 is 5.97 Å². The molecular formula is C15H20O2S. The molecule has 1 aliphatic rings. The number of aliphatic carboxylic acids is 1. The van der Waals surface area contributed by atoms with Crippen LogP contribution in [0.3, 0.4) is 0 Å². The minimum absolute atomic E-state index is 0.125. The molecule has 2 rings (SSSR count). The van der Waals surface area contributed by atoms with Crippen LogP contribution >= 0.6 is 11.8 Å². The molecule has 0 radical (unpaired) electrons. The Balaban J connectivity index is 1.79. The molecule has 0 amide bonds. The van der Waals surface area contributed by atoms with Gasteiger partial charge in [-0.3, -0.25) is 4.79 Å². The molecule has 0 saturated heterocycles. The van der Waals surface area contributed by atoms with E-state index in [9.17, 15) is 9.90 Å². The molecule has 0 spiro atoms. The van der Waals surface area contributed by atoms with E-state index >= 15 is 0 Å². The standard InChI is InChI=1S/C15H20O2S/c16-15(17)13-8-4-5-9-14(13)18-11-10-12-6-2-1-3-7-12/h1-3,6-7,13-14H,4-5,8-11H2,(H,16,17)/t13-,14+/m1/s1. The summed E-state index contributed by atoms with van der Waals surface area (Å²) in [6, 6.07) is 10.4. The number of thioether (sulfide) groups is 1. The second-order valence-electron chi connectivity index (χ2n) is 4.87. The van der Waals surface area contributed by atoms with Crippen LogP contribution in [-0.4, -0.2) is 22.1 Å². The summed E-state index contributed by atoms with van der Waals surface area (Å²) in [6.07, 6.45) is 5.22. The van der Waals surface area contributed by atoms with Crippen LogP contribution in [0.5, 0.6) is 0 Å². The Morgan fingerprint density at radius 1 is 1.22 bits per heavy atom. The van der Waals surface area contributed by atoms with Gasteiger partial charge in [-0.15, -0.1) is 0 Å². The van der Waals surface area contributed by atoms with E-state index in [2.05, 4.69) is 24.3 Å². The normalized spacial score (nSPS) is 23.8. The lowest BCUT2D eigenvalue weighted by Gasteiger charge is -2.27. The number of carbonyl (C=O) groups is 1. The van der Waals surface area contributed by atoms with Gasteiger partial charge < -0.3 is 5.11 Å². The van der Waals surface area contributed by atoms with Crippen molar-refractivity contribution in [2.45, 2.75) is 37.4 Å². The molecule has 1 aromatic carbocycles. The van der Waals surface area contributed by atoms with Crippen molar-refractivity contribution in [1.29, 1.82) is 0 Å². The second-order valence-corrected chi connectivity index (χ2v) is 6.22. The smallest absolute Gasteiger partial charge is 0.307 e. The molecule has 18 heavy (non-hydrogen) atoms. The third kappa shape index (κ3) is 3.77. The van der Waals surface area contributed by atoms with Gasteiger partial charge in [-0.25, -0.2) is 0 Å². The first-order valence-electron chi connectivity index (χ1n) is 6.65. The monoisotopic (exact) mass is 264 g/mol.